The average Bonchev–Trinajstić information content (AvgIpc) is 3.30. The first-order valence-corrected chi connectivity index (χ1v) is 16.9. The summed E-state index contributed by atoms with van der Waals surface area (Å²) in [5.74, 6) is -2.64. The molecule has 13 nitrogen and oxygen atoms in total. The van der Waals surface area contributed by atoms with Crippen LogP contribution in [0, 0.1) is 11.3 Å². The van der Waals surface area contributed by atoms with Gasteiger partial charge in [0.25, 0.3) is 0 Å². The first-order valence-electron chi connectivity index (χ1n) is 16.0. The van der Waals surface area contributed by atoms with Gasteiger partial charge in [0, 0.05) is 23.9 Å². The van der Waals surface area contributed by atoms with E-state index in [9.17, 15) is 24.3 Å². The van der Waals surface area contributed by atoms with Crippen LogP contribution in [0.15, 0.2) is 48.5 Å². The number of aliphatic carboxylic acids is 1. The Morgan fingerprint density at radius 2 is 1.80 bits per heavy atom. The zero-order chi connectivity index (χ0) is 35.7. The SMILES string of the molecule is C=C[C@@H]1CC1(NC(=O)[C@@H]1C[C@@H](Oc2nc3ccccc3nc2/C=C/c2nccs2)CN1C(=O)[C@@H](NC(=O)OC(C)(C)C)C(C)(C)C)C(=O)O. The third-order valence-corrected chi connectivity index (χ3v) is 9.07. The van der Waals surface area contributed by atoms with Crippen LogP contribution in [0.25, 0.3) is 23.2 Å². The number of carboxylic acids is 1. The number of alkyl carbamates (subject to hydrolysis) is 1. The summed E-state index contributed by atoms with van der Waals surface area (Å²) in [6, 6.07) is 5.11. The average molecular weight is 691 g/mol. The van der Waals surface area contributed by atoms with Gasteiger partial charge >= 0.3 is 12.1 Å². The van der Waals surface area contributed by atoms with Crippen LogP contribution in [-0.2, 0) is 19.1 Å². The van der Waals surface area contributed by atoms with Crippen molar-refractivity contribution in [2.75, 3.05) is 6.54 Å². The van der Waals surface area contributed by atoms with E-state index >= 15 is 0 Å². The molecule has 1 aliphatic heterocycles. The number of nitrogens with one attached hydrogen (secondary N) is 2. The summed E-state index contributed by atoms with van der Waals surface area (Å²) in [7, 11) is 0. The van der Waals surface area contributed by atoms with Crippen LogP contribution in [0.5, 0.6) is 5.88 Å². The van der Waals surface area contributed by atoms with Crippen molar-refractivity contribution in [1.82, 2.24) is 30.5 Å². The van der Waals surface area contributed by atoms with E-state index in [0.717, 1.165) is 5.01 Å². The van der Waals surface area contributed by atoms with Gasteiger partial charge in [0.1, 0.15) is 40.0 Å². The lowest BCUT2D eigenvalue weighted by Crippen LogP contribution is -2.59. The summed E-state index contributed by atoms with van der Waals surface area (Å²) in [4.78, 5) is 68.5. The van der Waals surface area contributed by atoms with Gasteiger partial charge in [0.05, 0.1) is 17.6 Å². The Morgan fingerprint density at radius 3 is 2.37 bits per heavy atom. The van der Waals surface area contributed by atoms with Gasteiger partial charge in [-0.3, -0.25) is 9.59 Å². The molecule has 3 aromatic rings. The molecular formula is C35H42N6O7S. The largest absolute Gasteiger partial charge is 0.479 e. The van der Waals surface area contributed by atoms with Crippen molar-refractivity contribution in [3.8, 4) is 5.88 Å². The number of carboxylic acid groups (broad SMARTS) is 1. The highest BCUT2D eigenvalue weighted by atomic mass is 32.1. The number of carbonyl (C=O) groups excluding carboxylic acids is 3. The third kappa shape index (κ3) is 8.07. The number of thiazole rings is 1. The van der Waals surface area contributed by atoms with Gasteiger partial charge in [0.15, 0.2) is 0 Å². The Kier molecular flexibility index (Phi) is 9.82. The maximum atomic E-state index is 14.4. The standard InChI is InChI=1S/C35H42N6O7S/c1-8-20-18-35(20,31(44)45)40-28(42)25-17-21(19-41(25)30(43)27(33(2,3)4)39-32(46)48-34(5,6)7)47-29-24(13-14-26-36-15-16-49-26)37-22-11-9-10-12-23(22)38-29/h8-16,20-21,25,27H,1,17-19H2,2-7H3,(H,39,46)(H,40,42)(H,44,45)/b14-13+/t20-,21-,25+,27-,35?/m1/s1. The summed E-state index contributed by atoms with van der Waals surface area (Å²) in [5.41, 5.74) is -1.45. The highest BCUT2D eigenvalue weighted by molar-refractivity contribution is 7.10. The van der Waals surface area contributed by atoms with E-state index in [1.165, 1.54) is 22.3 Å². The van der Waals surface area contributed by atoms with Gasteiger partial charge in [0.2, 0.25) is 17.7 Å². The minimum Gasteiger partial charge on any atom is -0.479 e. The molecule has 5 atom stereocenters. The van der Waals surface area contributed by atoms with Crippen molar-refractivity contribution in [2.24, 2.45) is 11.3 Å². The van der Waals surface area contributed by atoms with Gasteiger partial charge in [-0.15, -0.1) is 17.9 Å². The molecule has 0 spiro atoms. The zero-order valence-corrected chi connectivity index (χ0v) is 29.2. The van der Waals surface area contributed by atoms with Crippen LogP contribution in [0.3, 0.4) is 0 Å². The van der Waals surface area contributed by atoms with Crippen LogP contribution in [-0.4, -0.2) is 84.7 Å². The molecule has 3 amide bonds. The molecule has 1 aromatic carbocycles. The van der Waals surface area contributed by atoms with Crippen molar-refractivity contribution in [2.45, 2.75) is 83.7 Å². The fourth-order valence-corrected chi connectivity index (χ4v) is 6.28. The minimum absolute atomic E-state index is 0.0273. The number of rotatable bonds is 10. The molecule has 1 unspecified atom stereocenters. The number of nitrogens with zero attached hydrogens (tertiary/aromatic N) is 4. The zero-order valence-electron chi connectivity index (χ0n) is 28.4. The summed E-state index contributed by atoms with van der Waals surface area (Å²) in [6.45, 7) is 14.2. The van der Waals surface area contributed by atoms with E-state index in [4.69, 9.17) is 19.4 Å². The summed E-state index contributed by atoms with van der Waals surface area (Å²) >= 11 is 1.45. The highest BCUT2D eigenvalue weighted by Gasteiger charge is 2.61. The lowest BCUT2D eigenvalue weighted by Gasteiger charge is -2.35. The molecule has 0 radical (unpaired) electrons. The Morgan fingerprint density at radius 1 is 1.10 bits per heavy atom. The van der Waals surface area contributed by atoms with E-state index in [1.54, 1.807) is 66.0 Å². The van der Waals surface area contributed by atoms with Crippen molar-refractivity contribution in [3.63, 3.8) is 0 Å². The number of likely N-dealkylation sites (tertiary alicyclic amines) is 1. The molecule has 1 saturated heterocycles. The molecule has 0 bridgehead atoms. The predicted molar refractivity (Wildman–Crippen MR) is 185 cm³/mol. The van der Waals surface area contributed by atoms with Crippen LogP contribution >= 0.6 is 11.3 Å². The first-order chi connectivity index (χ1) is 23.0. The molecule has 2 aliphatic rings. The van der Waals surface area contributed by atoms with E-state index in [2.05, 4.69) is 22.2 Å². The Balaban J connectivity index is 1.47. The van der Waals surface area contributed by atoms with Gasteiger partial charge < -0.3 is 30.1 Å². The van der Waals surface area contributed by atoms with E-state index < -0.39 is 64.5 Å². The maximum Gasteiger partial charge on any atom is 0.408 e. The second-order valence-corrected chi connectivity index (χ2v) is 15.3. The minimum atomic E-state index is -1.51. The smallest absolute Gasteiger partial charge is 0.408 e. The fraction of sp³-hybridized carbons (Fsp3) is 0.457. The van der Waals surface area contributed by atoms with Gasteiger partial charge in [-0.2, -0.15) is 0 Å². The summed E-state index contributed by atoms with van der Waals surface area (Å²) < 4.78 is 11.9. The summed E-state index contributed by atoms with van der Waals surface area (Å²) in [5, 5.41) is 18.0. The van der Waals surface area contributed by atoms with Crippen LogP contribution in [0.1, 0.15) is 65.1 Å². The number of hydrogen-bond donors (Lipinski definition) is 3. The van der Waals surface area contributed by atoms with Crippen LogP contribution in [0.4, 0.5) is 4.79 Å². The fourth-order valence-electron chi connectivity index (χ4n) is 5.75. The molecule has 14 heteroatoms. The second-order valence-electron chi connectivity index (χ2n) is 14.3. The first kappa shape index (κ1) is 35.5. The van der Waals surface area contributed by atoms with Crippen molar-refractivity contribution in [3.05, 3.63) is 59.2 Å². The van der Waals surface area contributed by atoms with Gasteiger partial charge in [-0.25, -0.2) is 24.5 Å². The van der Waals surface area contributed by atoms with E-state index in [-0.39, 0.29) is 25.3 Å². The second kappa shape index (κ2) is 13.6. The number of benzene rings is 1. The Hall–Kier alpha value is -4.85. The number of carbonyl (C=O) groups is 4. The normalized spacial score (nSPS) is 22.8. The topological polar surface area (TPSA) is 173 Å². The lowest BCUT2D eigenvalue weighted by molar-refractivity contribution is -0.146. The van der Waals surface area contributed by atoms with Crippen molar-refractivity contribution < 1.29 is 33.8 Å². The Labute approximate surface area is 288 Å². The Bertz CT molecular complexity index is 1780. The third-order valence-electron chi connectivity index (χ3n) is 8.33. The molecule has 260 valence electrons. The van der Waals surface area contributed by atoms with Gasteiger partial charge in [-0.1, -0.05) is 39.0 Å². The van der Waals surface area contributed by atoms with Gasteiger partial charge in [-0.05, 0) is 56.9 Å². The molecule has 2 fully saturated rings. The lowest BCUT2D eigenvalue weighted by atomic mass is 9.85. The quantitative estimate of drug-likeness (QED) is 0.253. The number of para-hydroxylation sites is 2. The number of hydrogen-bond acceptors (Lipinski definition) is 10. The van der Waals surface area contributed by atoms with E-state index in [1.807, 2.05) is 23.6 Å². The molecule has 3 heterocycles. The molecule has 2 aromatic heterocycles. The maximum absolute atomic E-state index is 14.4. The number of aromatic nitrogens is 3. The summed E-state index contributed by atoms with van der Waals surface area (Å²) in [6.07, 6.45) is 5.42. The highest BCUT2D eigenvalue weighted by Crippen LogP contribution is 2.45. The molecule has 1 saturated carbocycles. The van der Waals surface area contributed by atoms with Crippen LogP contribution < -0.4 is 15.4 Å². The predicted octanol–water partition coefficient (Wildman–Crippen LogP) is 4.69. The van der Waals surface area contributed by atoms with Crippen molar-refractivity contribution >= 4 is 58.4 Å². The monoisotopic (exact) mass is 690 g/mol. The number of ether oxygens (including phenoxy) is 2. The molecule has 49 heavy (non-hydrogen) atoms. The molecule has 5 rings (SSSR count). The van der Waals surface area contributed by atoms with Crippen molar-refractivity contribution in [1.29, 1.82) is 0 Å². The molecular weight excluding hydrogens is 648 g/mol. The molecule has 3 N–H and O–H groups in total. The number of amides is 3. The van der Waals surface area contributed by atoms with Crippen LogP contribution in [0.2, 0.25) is 0 Å². The van der Waals surface area contributed by atoms with E-state index in [0.29, 0.717) is 16.7 Å². The molecule has 1 aliphatic carbocycles. The number of fused-ring (bicyclic) bond motifs is 1.